The summed E-state index contributed by atoms with van der Waals surface area (Å²) in [6.45, 7) is 2.90. The summed E-state index contributed by atoms with van der Waals surface area (Å²) in [6, 6.07) is 1.91. The van der Waals surface area contributed by atoms with E-state index in [1.165, 1.54) is 0 Å². The molecule has 0 spiro atoms. The van der Waals surface area contributed by atoms with Gasteiger partial charge in [0.05, 0.1) is 11.6 Å². The second kappa shape index (κ2) is 9.33. The van der Waals surface area contributed by atoms with E-state index in [0.29, 0.717) is 19.6 Å². The third-order valence-electron chi connectivity index (χ3n) is 2.33. The number of methoxy groups -OCH3 is 1. The van der Waals surface area contributed by atoms with Crippen LogP contribution in [0.25, 0.3) is 0 Å². The molecule has 1 aromatic heterocycles. The normalized spacial score (nSPS) is 10.6. The standard InChI is InChI=1S/C12H19ClN2O2S/c1-17-7-6-14-4-5-15-12(16)3-2-11-8-10(13)9-18-11/h8-9,14H,2-7H2,1H3,(H,15,16). The number of amides is 1. The van der Waals surface area contributed by atoms with Gasteiger partial charge in [0.1, 0.15) is 0 Å². The van der Waals surface area contributed by atoms with Gasteiger partial charge in [0.15, 0.2) is 0 Å². The summed E-state index contributed by atoms with van der Waals surface area (Å²) in [7, 11) is 1.67. The van der Waals surface area contributed by atoms with Crippen molar-refractivity contribution in [2.75, 3.05) is 33.4 Å². The van der Waals surface area contributed by atoms with Crippen molar-refractivity contribution < 1.29 is 9.53 Å². The van der Waals surface area contributed by atoms with Crippen molar-refractivity contribution in [1.29, 1.82) is 0 Å². The summed E-state index contributed by atoms with van der Waals surface area (Å²) >= 11 is 7.40. The molecule has 4 nitrogen and oxygen atoms in total. The molecule has 2 N–H and O–H groups in total. The van der Waals surface area contributed by atoms with E-state index in [4.69, 9.17) is 16.3 Å². The average Bonchev–Trinajstić information content (AvgIpc) is 2.77. The van der Waals surface area contributed by atoms with Gasteiger partial charge in [-0.05, 0) is 12.5 Å². The fourth-order valence-corrected chi connectivity index (χ4v) is 2.48. The van der Waals surface area contributed by atoms with E-state index in [0.717, 1.165) is 29.4 Å². The summed E-state index contributed by atoms with van der Waals surface area (Å²) < 4.78 is 4.90. The van der Waals surface area contributed by atoms with Gasteiger partial charge in [-0.3, -0.25) is 4.79 Å². The van der Waals surface area contributed by atoms with Crippen LogP contribution in [0.1, 0.15) is 11.3 Å². The lowest BCUT2D eigenvalue weighted by molar-refractivity contribution is -0.121. The van der Waals surface area contributed by atoms with Crippen LogP contribution in [0.3, 0.4) is 0 Å². The summed E-state index contributed by atoms with van der Waals surface area (Å²) in [4.78, 5) is 12.7. The molecule has 18 heavy (non-hydrogen) atoms. The van der Waals surface area contributed by atoms with Crippen LogP contribution < -0.4 is 10.6 Å². The minimum Gasteiger partial charge on any atom is -0.383 e. The maximum atomic E-state index is 11.5. The van der Waals surface area contributed by atoms with Gasteiger partial charge in [-0.25, -0.2) is 0 Å². The number of carbonyl (C=O) groups excluding carboxylic acids is 1. The quantitative estimate of drug-likeness (QED) is 0.681. The Hall–Kier alpha value is -0.620. The molecule has 0 radical (unpaired) electrons. The van der Waals surface area contributed by atoms with Crippen LogP contribution >= 0.6 is 22.9 Å². The monoisotopic (exact) mass is 290 g/mol. The molecule has 0 aliphatic carbocycles. The van der Waals surface area contributed by atoms with Gasteiger partial charge in [-0.2, -0.15) is 0 Å². The number of nitrogens with one attached hydrogen (secondary N) is 2. The van der Waals surface area contributed by atoms with Crippen LogP contribution in [0, 0.1) is 0 Å². The van der Waals surface area contributed by atoms with Gasteiger partial charge in [-0.15, -0.1) is 11.3 Å². The zero-order valence-corrected chi connectivity index (χ0v) is 12.1. The van der Waals surface area contributed by atoms with Gasteiger partial charge in [0, 0.05) is 43.4 Å². The zero-order chi connectivity index (χ0) is 13.2. The first-order valence-corrected chi connectivity index (χ1v) is 7.17. The van der Waals surface area contributed by atoms with Crippen molar-refractivity contribution in [3.63, 3.8) is 0 Å². The van der Waals surface area contributed by atoms with Crippen molar-refractivity contribution >= 4 is 28.8 Å². The van der Waals surface area contributed by atoms with E-state index in [9.17, 15) is 4.79 Å². The predicted octanol–water partition coefficient (Wildman–Crippen LogP) is 1.69. The van der Waals surface area contributed by atoms with Crippen LogP contribution in [0.2, 0.25) is 5.02 Å². The molecular formula is C12H19ClN2O2S. The number of hydrogen-bond acceptors (Lipinski definition) is 4. The molecule has 0 unspecified atom stereocenters. The Kier molecular flexibility index (Phi) is 8.00. The Bertz CT molecular complexity index is 358. The number of rotatable bonds is 9. The van der Waals surface area contributed by atoms with Gasteiger partial charge in [-0.1, -0.05) is 11.6 Å². The Morgan fingerprint density at radius 1 is 1.44 bits per heavy atom. The van der Waals surface area contributed by atoms with Crippen molar-refractivity contribution in [2.45, 2.75) is 12.8 Å². The highest BCUT2D eigenvalue weighted by atomic mass is 35.5. The summed E-state index contributed by atoms with van der Waals surface area (Å²) in [5, 5.41) is 8.66. The van der Waals surface area contributed by atoms with E-state index in [2.05, 4.69) is 10.6 Å². The van der Waals surface area contributed by atoms with Crippen LogP contribution in [0.4, 0.5) is 0 Å². The fourth-order valence-electron chi connectivity index (χ4n) is 1.40. The van der Waals surface area contributed by atoms with Crippen LogP contribution in [-0.4, -0.2) is 39.3 Å². The van der Waals surface area contributed by atoms with Crippen molar-refractivity contribution in [3.05, 3.63) is 21.3 Å². The number of halogens is 1. The smallest absolute Gasteiger partial charge is 0.220 e. The van der Waals surface area contributed by atoms with E-state index < -0.39 is 0 Å². The van der Waals surface area contributed by atoms with Crippen LogP contribution in [0.5, 0.6) is 0 Å². The summed E-state index contributed by atoms with van der Waals surface area (Å²) in [5.41, 5.74) is 0. The molecule has 6 heteroatoms. The average molecular weight is 291 g/mol. The highest BCUT2D eigenvalue weighted by Gasteiger charge is 2.03. The number of carbonyl (C=O) groups is 1. The van der Waals surface area contributed by atoms with Crippen LogP contribution in [-0.2, 0) is 16.0 Å². The number of hydrogen-bond donors (Lipinski definition) is 2. The van der Waals surface area contributed by atoms with Gasteiger partial charge < -0.3 is 15.4 Å². The van der Waals surface area contributed by atoms with E-state index in [1.54, 1.807) is 18.4 Å². The number of aryl methyl sites for hydroxylation is 1. The van der Waals surface area contributed by atoms with Crippen molar-refractivity contribution in [3.8, 4) is 0 Å². The number of ether oxygens (including phenoxy) is 1. The van der Waals surface area contributed by atoms with E-state index >= 15 is 0 Å². The fraction of sp³-hybridized carbons (Fsp3) is 0.583. The largest absolute Gasteiger partial charge is 0.383 e. The maximum Gasteiger partial charge on any atom is 0.220 e. The van der Waals surface area contributed by atoms with E-state index in [1.807, 2.05) is 11.4 Å². The van der Waals surface area contributed by atoms with Gasteiger partial charge >= 0.3 is 0 Å². The molecule has 1 heterocycles. The lowest BCUT2D eigenvalue weighted by Gasteiger charge is -2.06. The van der Waals surface area contributed by atoms with Crippen molar-refractivity contribution in [2.24, 2.45) is 0 Å². The predicted molar refractivity (Wildman–Crippen MR) is 75.4 cm³/mol. The molecule has 0 saturated carbocycles. The van der Waals surface area contributed by atoms with Crippen LogP contribution in [0.15, 0.2) is 11.4 Å². The minimum absolute atomic E-state index is 0.0769. The topological polar surface area (TPSA) is 50.4 Å². The Balaban J connectivity index is 2.00. The van der Waals surface area contributed by atoms with Gasteiger partial charge in [0.25, 0.3) is 0 Å². The third-order valence-corrected chi connectivity index (χ3v) is 3.67. The molecule has 0 fully saturated rings. The second-order valence-electron chi connectivity index (χ2n) is 3.82. The summed E-state index contributed by atoms with van der Waals surface area (Å²) in [6.07, 6.45) is 1.26. The van der Waals surface area contributed by atoms with Gasteiger partial charge in [0.2, 0.25) is 5.91 Å². The maximum absolute atomic E-state index is 11.5. The lowest BCUT2D eigenvalue weighted by Crippen LogP contribution is -2.33. The number of thiophene rings is 1. The Morgan fingerprint density at radius 3 is 2.94 bits per heavy atom. The molecule has 102 valence electrons. The molecule has 1 rings (SSSR count). The van der Waals surface area contributed by atoms with Crippen molar-refractivity contribution in [1.82, 2.24) is 10.6 Å². The first kappa shape index (κ1) is 15.4. The Labute approximate surface area is 117 Å². The molecule has 1 aromatic rings. The molecule has 1 amide bonds. The SMILES string of the molecule is COCCNCCNC(=O)CCc1cc(Cl)cs1. The second-order valence-corrected chi connectivity index (χ2v) is 5.26. The Morgan fingerprint density at radius 2 is 2.28 bits per heavy atom. The molecule has 0 aliphatic rings. The third kappa shape index (κ3) is 6.96. The van der Waals surface area contributed by atoms with E-state index in [-0.39, 0.29) is 5.91 Å². The highest BCUT2D eigenvalue weighted by Crippen LogP contribution is 2.20. The molecule has 0 aromatic carbocycles. The molecular weight excluding hydrogens is 272 g/mol. The summed E-state index contributed by atoms with van der Waals surface area (Å²) in [5.74, 6) is 0.0769. The lowest BCUT2D eigenvalue weighted by atomic mass is 10.2. The highest BCUT2D eigenvalue weighted by molar-refractivity contribution is 7.10. The molecule has 0 saturated heterocycles. The first-order chi connectivity index (χ1) is 8.72. The first-order valence-electron chi connectivity index (χ1n) is 5.91. The molecule has 0 aliphatic heterocycles. The molecule has 0 atom stereocenters. The molecule has 0 bridgehead atoms. The minimum atomic E-state index is 0.0769. The zero-order valence-electron chi connectivity index (χ0n) is 10.5.